The van der Waals surface area contributed by atoms with Crippen molar-refractivity contribution in [3.8, 4) is 11.8 Å². The third-order valence-electron chi connectivity index (χ3n) is 3.16. The Morgan fingerprint density at radius 3 is 2.64 bits per heavy atom. The minimum absolute atomic E-state index is 0.238. The van der Waals surface area contributed by atoms with Crippen LogP contribution in [0.4, 0.5) is 5.69 Å². The van der Waals surface area contributed by atoms with Gasteiger partial charge in [-0.25, -0.2) is 0 Å². The molecule has 0 spiro atoms. The first kappa shape index (κ1) is 15.5. The first-order valence-corrected chi connectivity index (χ1v) is 7.14. The Balaban J connectivity index is 2.01. The van der Waals surface area contributed by atoms with Gasteiger partial charge in [-0.05, 0) is 42.3 Å². The van der Waals surface area contributed by atoms with Crippen molar-refractivity contribution in [3.63, 3.8) is 0 Å². The zero-order valence-corrected chi connectivity index (χ0v) is 12.6. The van der Waals surface area contributed by atoms with Crippen LogP contribution in [0.15, 0.2) is 30.5 Å². The van der Waals surface area contributed by atoms with E-state index in [2.05, 4.69) is 39.8 Å². The van der Waals surface area contributed by atoms with Crippen LogP contribution in [-0.2, 0) is 0 Å². The Morgan fingerprint density at radius 1 is 1.36 bits per heavy atom. The summed E-state index contributed by atoms with van der Waals surface area (Å²) in [5, 5.41) is 25.4. The summed E-state index contributed by atoms with van der Waals surface area (Å²) in [6.07, 6.45) is 3.74. The Hall–Kier alpha value is -2.88. The van der Waals surface area contributed by atoms with Gasteiger partial charge in [0.25, 0.3) is 0 Å². The molecule has 22 heavy (non-hydrogen) atoms. The van der Waals surface area contributed by atoms with Gasteiger partial charge in [0.1, 0.15) is 17.4 Å². The van der Waals surface area contributed by atoms with Crippen molar-refractivity contribution in [1.82, 2.24) is 20.6 Å². The van der Waals surface area contributed by atoms with Crippen LogP contribution in [0.1, 0.15) is 32.5 Å². The van der Waals surface area contributed by atoms with Gasteiger partial charge in [-0.1, -0.05) is 13.8 Å². The fraction of sp³-hybridized carbons (Fsp3) is 0.333. The molecule has 0 unspecified atom stereocenters. The molecule has 2 rings (SSSR count). The summed E-state index contributed by atoms with van der Waals surface area (Å²) in [6.45, 7) is 4.21. The zero-order valence-electron chi connectivity index (χ0n) is 12.6. The third-order valence-corrected chi connectivity index (χ3v) is 3.16. The molecule has 114 valence electrons. The number of ether oxygens (including phenoxy) is 1. The van der Waals surface area contributed by atoms with E-state index in [9.17, 15) is 0 Å². The molecular formula is C15H18N6O. The van der Waals surface area contributed by atoms with Gasteiger partial charge < -0.3 is 10.1 Å². The Morgan fingerprint density at radius 2 is 2.09 bits per heavy atom. The number of anilines is 1. The van der Waals surface area contributed by atoms with E-state index < -0.39 is 0 Å². The standard InChI is InChI=1S/C15H18N6O/c1-3-13(4-2)22-14-7-5-12(6-8-14)17-10-11(9-16)15-18-20-21-19-15/h5-8,10,13,17H,3-4H2,1-2H3,(H,18,19,20,21). The minimum Gasteiger partial charge on any atom is -0.490 e. The van der Waals surface area contributed by atoms with Crippen molar-refractivity contribution in [2.45, 2.75) is 32.8 Å². The maximum atomic E-state index is 9.07. The number of rotatable bonds is 7. The van der Waals surface area contributed by atoms with Crippen LogP contribution in [0, 0.1) is 11.3 Å². The molecular weight excluding hydrogens is 280 g/mol. The smallest absolute Gasteiger partial charge is 0.216 e. The minimum atomic E-state index is 0.238. The molecule has 0 saturated heterocycles. The van der Waals surface area contributed by atoms with Crippen molar-refractivity contribution in [3.05, 3.63) is 36.3 Å². The summed E-state index contributed by atoms with van der Waals surface area (Å²) in [6, 6.07) is 9.59. The Kier molecular flexibility index (Phi) is 5.49. The summed E-state index contributed by atoms with van der Waals surface area (Å²) in [4.78, 5) is 0. The van der Waals surface area contributed by atoms with Gasteiger partial charge in [0, 0.05) is 11.9 Å². The maximum absolute atomic E-state index is 9.07. The number of tetrazole rings is 1. The lowest BCUT2D eigenvalue weighted by atomic mass is 10.2. The lowest BCUT2D eigenvalue weighted by Crippen LogP contribution is -2.13. The highest BCUT2D eigenvalue weighted by Gasteiger charge is 2.06. The van der Waals surface area contributed by atoms with E-state index in [-0.39, 0.29) is 11.9 Å². The summed E-state index contributed by atoms with van der Waals surface area (Å²) in [5.74, 6) is 1.09. The number of nitrogens with one attached hydrogen (secondary N) is 2. The molecule has 0 aliphatic rings. The van der Waals surface area contributed by atoms with E-state index in [0.717, 1.165) is 24.3 Å². The van der Waals surface area contributed by atoms with Crippen LogP contribution in [-0.4, -0.2) is 26.7 Å². The summed E-state index contributed by atoms with van der Waals surface area (Å²) >= 11 is 0. The van der Waals surface area contributed by atoms with Crippen LogP contribution in [0.2, 0.25) is 0 Å². The van der Waals surface area contributed by atoms with Crippen LogP contribution >= 0.6 is 0 Å². The monoisotopic (exact) mass is 298 g/mol. The highest BCUT2D eigenvalue weighted by Crippen LogP contribution is 2.19. The number of allylic oxidation sites excluding steroid dienone is 1. The molecule has 0 fully saturated rings. The van der Waals surface area contributed by atoms with E-state index in [1.165, 1.54) is 0 Å². The third kappa shape index (κ3) is 4.06. The van der Waals surface area contributed by atoms with Gasteiger partial charge in [-0.2, -0.15) is 10.5 Å². The van der Waals surface area contributed by atoms with Crippen molar-refractivity contribution >= 4 is 11.3 Å². The predicted octanol–water partition coefficient (Wildman–Crippen LogP) is 2.74. The predicted molar refractivity (Wildman–Crippen MR) is 82.8 cm³/mol. The second-order valence-corrected chi connectivity index (χ2v) is 4.63. The largest absolute Gasteiger partial charge is 0.490 e. The molecule has 2 aromatic rings. The molecule has 2 N–H and O–H groups in total. The van der Waals surface area contributed by atoms with Crippen molar-refractivity contribution in [2.75, 3.05) is 5.32 Å². The topological polar surface area (TPSA) is 99.5 Å². The highest BCUT2D eigenvalue weighted by atomic mass is 16.5. The van der Waals surface area contributed by atoms with E-state index >= 15 is 0 Å². The molecule has 0 atom stereocenters. The second kappa shape index (κ2) is 7.78. The van der Waals surface area contributed by atoms with Crippen LogP contribution in [0.5, 0.6) is 5.75 Å². The van der Waals surface area contributed by atoms with Gasteiger partial charge in [0.15, 0.2) is 0 Å². The number of hydrogen-bond donors (Lipinski definition) is 2. The van der Waals surface area contributed by atoms with Gasteiger partial charge in [0.05, 0.1) is 6.10 Å². The normalized spacial score (nSPS) is 11.3. The number of aromatic nitrogens is 4. The van der Waals surface area contributed by atoms with E-state index in [1.807, 2.05) is 30.3 Å². The fourth-order valence-electron chi connectivity index (χ4n) is 1.86. The van der Waals surface area contributed by atoms with Crippen molar-refractivity contribution < 1.29 is 4.74 Å². The van der Waals surface area contributed by atoms with Gasteiger partial charge >= 0.3 is 0 Å². The fourth-order valence-corrected chi connectivity index (χ4v) is 1.86. The molecule has 7 heteroatoms. The zero-order chi connectivity index (χ0) is 15.8. The van der Waals surface area contributed by atoms with E-state index in [1.54, 1.807) is 6.20 Å². The maximum Gasteiger partial charge on any atom is 0.216 e. The molecule has 0 bridgehead atoms. The van der Waals surface area contributed by atoms with Crippen molar-refractivity contribution in [1.29, 1.82) is 5.26 Å². The van der Waals surface area contributed by atoms with Gasteiger partial charge in [-0.3, -0.25) is 0 Å². The molecule has 1 aromatic carbocycles. The van der Waals surface area contributed by atoms with Gasteiger partial charge in [-0.15, -0.1) is 10.2 Å². The Labute approximate surface area is 129 Å². The molecule has 1 heterocycles. The number of H-pyrrole nitrogens is 1. The Bertz CT molecular complexity index is 638. The average Bonchev–Trinajstić information content (AvgIpc) is 3.09. The summed E-state index contributed by atoms with van der Waals surface area (Å²) in [7, 11) is 0. The lowest BCUT2D eigenvalue weighted by Gasteiger charge is -2.15. The molecule has 0 amide bonds. The second-order valence-electron chi connectivity index (χ2n) is 4.63. The number of aromatic amines is 1. The van der Waals surface area contributed by atoms with Crippen LogP contribution in [0.25, 0.3) is 5.57 Å². The molecule has 0 aliphatic carbocycles. The summed E-state index contributed by atoms with van der Waals surface area (Å²) in [5.41, 5.74) is 1.14. The molecule has 0 aliphatic heterocycles. The SMILES string of the molecule is CCC(CC)Oc1ccc(NC=C(C#N)c2nn[nH]n2)cc1. The van der Waals surface area contributed by atoms with E-state index in [0.29, 0.717) is 5.57 Å². The quantitative estimate of drug-likeness (QED) is 0.762. The van der Waals surface area contributed by atoms with Crippen molar-refractivity contribution in [2.24, 2.45) is 0 Å². The number of nitrogens with zero attached hydrogens (tertiary/aromatic N) is 4. The molecule has 0 saturated carbocycles. The van der Waals surface area contributed by atoms with Crippen LogP contribution < -0.4 is 10.1 Å². The molecule has 7 nitrogen and oxygen atoms in total. The highest BCUT2D eigenvalue weighted by molar-refractivity contribution is 5.74. The number of hydrogen-bond acceptors (Lipinski definition) is 6. The average molecular weight is 298 g/mol. The number of benzene rings is 1. The first-order chi connectivity index (χ1) is 10.8. The number of nitriles is 1. The lowest BCUT2D eigenvalue weighted by molar-refractivity contribution is 0.193. The molecule has 1 aromatic heterocycles. The van der Waals surface area contributed by atoms with Gasteiger partial charge in [0.2, 0.25) is 5.82 Å². The summed E-state index contributed by atoms with van der Waals surface area (Å²) < 4.78 is 5.85. The first-order valence-electron chi connectivity index (χ1n) is 7.14. The molecule has 0 radical (unpaired) electrons. The van der Waals surface area contributed by atoms with E-state index in [4.69, 9.17) is 10.00 Å². The van der Waals surface area contributed by atoms with Crippen LogP contribution in [0.3, 0.4) is 0 Å².